The highest BCUT2D eigenvalue weighted by molar-refractivity contribution is 7.93. The van der Waals surface area contributed by atoms with E-state index in [0.717, 1.165) is 28.4 Å². The number of piperidine rings is 1. The number of halogens is 3. The normalized spacial score (nSPS) is 14.9. The molecular formula is C71H73ClF2N14O13S5. The van der Waals surface area contributed by atoms with Crippen LogP contribution in [0.25, 0.3) is 21.8 Å². The van der Waals surface area contributed by atoms with Crippen molar-refractivity contribution in [1.29, 1.82) is 0 Å². The van der Waals surface area contributed by atoms with E-state index in [2.05, 4.69) is 39.0 Å². The molecule has 106 heavy (non-hydrogen) atoms. The number of para-hydroxylation sites is 1. The van der Waals surface area contributed by atoms with Crippen LogP contribution in [0.2, 0.25) is 5.02 Å². The van der Waals surface area contributed by atoms with E-state index < -0.39 is 52.8 Å². The van der Waals surface area contributed by atoms with Crippen LogP contribution in [0.15, 0.2) is 208 Å². The quantitative estimate of drug-likeness (QED) is 0.0620. The molecule has 5 aromatic heterocycles. The molecule has 0 spiro atoms. The summed E-state index contributed by atoms with van der Waals surface area (Å²) in [6.45, 7) is 6.56. The van der Waals surface area contributed by atoms with E-state index in [1.165, 1.54) is 106 Å². The third-order valence-electron chi connectivity index (χ3n) is 17.9. The molecule has 0 radical (unpaired) electrons. The summed E-state index contributed by atoms with van der Waals surface area (Å²) in [7, 11) is -9.73. The molecule has 27 nitrogen and oxygen atoms in total. The molecule has 11 aromatic rings. The van der Waals surface area contributed by atoms with Gasteiger partial charge in [-0.15, -0.1) is 22.7 Å². The number of thiazole rings is 2. The number of aromatic nitrogens is 6. The van der Waals surface area contributed by atoms with Gasteiger partial charge >= 0.3 is 6.03 Å². The molecule has 0 atom stereocenters. The number of hydrogen-bond donors (Lipinski definition) is 4. The number of methoxy groups -OCH3 is 1. The Morgan fingerprint density at radius 2 is 1.23 bits per heavy atom. The summed E-state index contributed by atoms with van der Waals surface area (Å²) in [4.78, 5) is 76.4. The van der Waals surface area contributed by atoms with Crippen LogP contribution in [0.5, 0.6) is 11.5 Å². The van der Waals surface area contributed by atoms with Crippen molar-refractivity contribution in [2.45, 2.75) is 52.5 Å². The predicted molar refractivity (Wildman–Crippen MR) is 402 cm³/mol. The smallest absolute Gasteiger partial charge is 0.328 e. The van der Waals surface area contributed by atoms with Crippen LogP contribution in [0.4, 0.5) is 41.0 Å². The molecule has 4 amide bonds. The van der Waals surface area contributed by atoms with Crippen LogP contribution < -0.4 is 33.4 Å². The number of piperazine rings is 2. The number of amides is 4. The van der Waals surface area contributed by atoms with Gasteiger partial charge in [-0.25, -0.2) is 58.8 Å². The van der Waals surface area contributed by atoms with Crippen molar-refractivity contribution < 1.29 is 70.6 Å². The first kappa shape index (κ1) is 75.1. The summed E-state index contributed by atoms with van der Waals surface area (Å²) in [5.74, 6) is -0.607. The number of benzene rings is 6. The molecule has 3 aliphatic heterocycles. The maximum Gasteiger partial charge on any atom is 0.328 e. The van der Waals surface area contributed by atoms with Gasteiger partial charge in [0.2, 0.25) is 11.8 Å². The lowest BCUT2D eigenvalue weighted by molar-refractivity contribution is -0.143. The summed E-state index contributed by atoms with van der Waals surface area (Å²) < 4.78 is 124. The number of carbonyl (C=O) groups is 4. The summed E-state index contributed by atoms with van der Waals surface area (Å²) in [5, 5.41) is 16.5. The van der Waals surface area contributed by atoms with Gasteiger partial charge in [0.05, 0.1) is 43.5 Å². The molecule has 6 aromatic carbocycles. The molecule has 3 saturated heterocycles. The number of nitrogens with one attached hydrogen (secondary N) is 3. The van der Waals surface area contributed by atoms with E-state index in [4.69, 9.17) is 21.1 Å². The minimum Gasteiger partial charge on any atom is -0.497 e. The zero-order chi connectivity index (χ0) is 75.1. The fourth-order valence-corrected chi connectivity index (χ4v) is 17.0. The topological polar surface area (TPSA) is 323 Å². The van der Waals surface area contributed by atoms with Gasteiger partial charge in [-0.05, 0) is 148 Å². The maximum atomic E-state index is 14.6. The molecule has 3 fully saturated rings. The number of nitrogens with zero attached hydrogens (tertiary/aromatic N) is 11. The molecule has 4 N–H and O–H groups in total. The molecule has 35 heteroatoms. The van der Waals surface area contributed by atoms with Gasteiger partial charge in [0.15, 0.2) is 16.9 Å². The number of carbonyl (C=O) groups excluding carboxylic acids is 4. The van der Waals surface area contributed by atoms with Crippen molar-refractivity contribution in [2.24, 2.45) is 0 Å². The van der Waals surface area contributed by atoms with E-state index in [1.54, 1.807) is 125 Å². The van der Waals surface area contributed by atoms with Crippen molar-refractivity contribution in [1.82, 2.24) is 43.8 Å². The number of anilines is 5. The molecule has 14 rings (SSSR count). The Balaban J connectivity index is 0.000000171. The molecule has 0 unspecified atom stereocenters. The van der Waals surface area contributed by atoms with Gasteiger partial charge in [0.1, 0.15) is 47.4 Å². The van der Waals surface area contributed by atoms with Crippen molar-refractivity contribution in [3.05, 3.63) is 216 Å². The van der Waals surface area contributed by atoms with Gasteiger partial charge in [-0.1, -0.05) is 35.9 Å². The predicted octanol–water partition coefficient (Wildman–Crippen LogP) is 10.8. The van der Waals surface area contributed by atoms with E-state index in [-0.39, 0.29) is 107 Å². The third kappa shape index (κ3) is 17.0. The van der Waals surface area contributed by atoms with Crippen LogP contribution in [0, 0.1) is 11.6 Å². The Morgan fingerprint density at radius 1 is 0.632 bits per heavy atom. The zero-order valence-corrected chi connectivity index (χ0v) is 61.7. The number of ether oxygens (including phenoxy) is 2. The van der Waals surface area contributed by atoms with Crippen LogP contribution in [0.1, 0.15) is 35.1 Å². The Morgan fingerprint density at radius 3 is 1.81 bits per heavy atom. The maximum absolute atomic E-state index is 14.6. The van der Waals surface area contributed by atoms with Gasteiger partial charge in [0, 0.05) is 125 Å². The average molecular weight is 1560 g/mol. The largest absolute Gasteiger partial charge is 0.497 e. The molecule has 3 aliphatic rings. The van der Waals surface area contributed by atoms with Gasteiger partial charge in [-0.3, -0.25) is 33.1 Å². The van der Waals surface area contributed by atoms with Crippen LogP contribution >= 0.6 is 34.3 Å². The Kier molecular flexibility index (Phi) is 22.4. The number of rotatable bonds is 18. The van der Waals surface area contributed by atoms with Crippen LogP contribution in [0.3, 0.4) is 0 Å². The first-order chi connectivity index (χ1) is 50.7. The number of hydrogen-bond acceptors (Lipinski definition) is 20. The SMILES string of the molecule is CC(C)(C(=O)N1CCN(c2ccc(S(=O)(=O)Nc3nccs3)cc2)C(=O)C1)n1ccc2cccc(F)c21.COc1ccc2c(ccn2C(=O)N2CCN(c3ccc(S(=O)(=O)Nc4ccncn4)cc3)CC2)c1.O=C(COc1ccc(F)c(Cl)c1)N1CCC(O)(c2ccc(S(=O)(=O)Nc3nccs3)cc2)CC1.[HH].[HH]. The molecule has 8 heterocycles. The molecule has 0 aliphatic carbocycles. The van der Waals surface area contributed by atoms with Crippen molar-refractivity contribution in [2.75, 3.05) is 96.6 Å². The summed E-state index contributed by atoms with van der Waals surface area (Å²) in [6.07, 6.45) is 9.78. The first-order valence-corrected chi connectivity index (χ1v) is 39.3. The van der Waals surface area contributed by atoms with E-state index in [1.807, 2.05) is 29.2 Å². The Labute approximate surface area is 624 Å². The second kappa shape index (κ2) is 31.6. The summed E-state index contributed by atoms with van der Waals surface area (Å²) in [6, 6.07) is 38.0. The van der Waals surface area contributed by atoms with Crippen molar-refractivity contribution in [3.63, 3.8) is 0 Å². The lowest BCUT2D eigenvalue weighted by Crippen LogP contribution is -2.57. The Hall–Kier alpha value is -10.6. The minimum absolute atomic E-state index is 0. The summed E-state index contributed by atoms with van der Waals surface area (Å²) in [5.41, 5.74) is 0.875. The van der Waals surface area contributed by atoms with E-state index in [0.29, 0.717) is 61.4 Å². The van der Waals surface area contributed by atoms with Gasteiger partial charge in [0.25, 0.3) is 36.0 Å². The lowest BCUT2D eigenvalue weighted by atomic mass is 9.84. The monoisotopic (exact) mass is 1560 g/mol. The van der Waals surface area contributed by atoms with E-state index >= 15 is 0 Å². The number of fused-ring (bicyclic) bond motifs is 2. The third-order valence-corrected chi connectivity index (χ3v) is 24.0. The minimum atomic E-state index is -3.81. The fourth-order valence-electron chi connectivity index (χ4n) is 12.2. The average Bonchev–Trinajstić information content (AvgIpc) is 1.55. The number of sulfonamides is 3. The van der Waals surface area contributed by atoms with Gasteiger partial charge in [-0.2, -0.15) is 0 Å². The van der Waals surface area contributed by atoms with Crippen LogP contribution in [-0.4, -0.2) is 171 Å². The second-order valence-electron chi connectivity index (χ2n) is 24.9. The zero-order valence-electron chi connectivity index (χ0n) is 56.9. The highest BCUT2D eigenvalue weighted by Crippen LogP contribution is 2.36. The van der Waals surface area contributed by atoms with Crippen LogP contribution in [-0.2, 0) is 55.6 Å². The first-order valence-electron chi connectivity index (χ1n) is 32.8. The van der Waals surface area contributed by atoms with E-state index in [9.17, 15) is 58.3 Å². The van der Waals surface area contributed by atoms with Crippen molar-refractivity contribution in [3.8, 4) is 11.5 Å². The standard InChI is InChI=1S/C25H24FN5O4S2.C24H24N6O4S.C22H21ClFN3O5S2.2H2/c1-25(2,31-12-10-17-4-3-5-20(26)22(17)31)23(33)29-13-14-30(21(32)16-29)18-6-8-19(9-7-18)37(34,35)28-24-27-11-15-36-24;1-34-20-4-7-22-18(16-20)9-11-30(22)24(31)29-14-12-28(13-15-29)19-2-5-21(6-3-19)35(32,33)27-23-8-10-25-17-26-23;23-18-13-16(3-6-19(18)24)32-14-20(28)27-10-7-22(29,8-11-27)15-1-4-17(5-2-15)34(30,31)26-21-25-9-12-33-21;;/h3-12,15H,13-14,16H2,1-2H3,(H,27,28);2-11,16-17H,12-15H2,1H3,(H,25,26,27);1-6,9,12-13,29H,7-8,10-11,14H2,(H,25,26);2*1H. The molecule has 0 saturated carbocycles. The fraction of sp³-hybridized carbons (Fsp3) is 0.239. The highest BCUT2D eigenvalue weighted by atomic mass is 35.5. The second-order valence-corrected chi connectivity index (χ2v) is 32.2. The number of likely N-dealkylation sites (tertiary alicyclic amines) is 1. The Bertz CT molecular complexity index is 5360. The number of aliphatic hydroxyl groups is 1. The van der Waals surface area contributed by atoms with Crippen molar-refractivity contribution >= 4 is 137 Å². The molecule has 0 bridgehead atoms. The highest BCUT2D eigenvalue weighted by Gasteiger charge is 2.40. The lowest BCUT2D eigenvalue weighted by Gasteiger charge is -2.39. The summed E-state index contributed by atoms with van der Waals surface area (Å²) >= 11 is 8.06. The van der Waals surface area contributed by atoms with Gasteiger partial charge < -0.3 is 43.6 Å². The molecule has 556 valence electrons. The molecular weight excluding hydrogens is 1490 g/mol.